The third kappa shape index (κ3) is 19.2. The average molecular weight is 426 g/mol. The van der Waals surface area contributed by atoms with Gasteiger partial charge in [-0.05, 0) is 113 Å². The fourth-order valence-corrected chi connectivity index (χ4v) is 1.18. The van der Waals surface area contributed by atoms with Crippen LogP contribution in [-0.2, 0) is 19.1 Å². The van der Waals surface area contributed by atoms with Crippen molar-refractivity contribution in [2.24, 2.45) is 0 Å². The lowest BCUT2D eigenvalue weighted by Crippen LogP contribution is -2.27. The van der Waals surface area contributed by atoms with Gasteiger partial charge in [0.15, 0.2) is 6.10 Å². The third-order valence-corrected chi connectivity index (χ3v) is 2.34. The Morgan fingerprint density at radius 2 is 1.12 bits per heavy atom. The zero-order valence-electron chi connectivity index (χ0n) is 17.1. The molecular weight excluding hydrogens is 416 g/mol. The maximum Gasteiger partial charge on any atom is 0.385 e. The molecule has 0 aliphatic carbocycles. The van der Waals surface area contributed by atoms with Crippen LogP contribution in [-0.4, -0.2) is 36.4 Å². The van der Waals surface area contributed by atoms with E-state index in [9.17, 15) is 14.7 Å². The van der Waals surface area contributed by atoms with Crippen LogP contribution in [0.2, 0.25) is 0 Å². The van der Waals surface area contributed by atoms with Crippen LogP contribution in [0, 0.1) is 131 Å². The fraction of sp³-hybridized carbons (Fsp3) is 0.143. The maximum absolute atomic E-state index is 11.6. The number of aliphatic hydroxyl groups is 1. The quantitative estimate of drug-likeness (QED) is 0.359. The van der Waals surface area contributed by atoms with Crippen LogP contribution in [0.15, 0.2) is 0 Å². The molecule has 1 atom stereocenters. The second-order valence-corrected chi connectivity index (χ2v) is 4.58. The van der Waals surface area contributed by atoms with E-state index in [0.717, 1.165) is 0 Å². The molecule has 0 aromatic heterocycles. The summed E-state index contributed by atoms with van der Waals surface area (Å²) in [4.78, 5) is 23.1. The molecule has 0 rings (SSSR count). The molecule has 0 aliphatic rings. The normalized spacial score (nSPS) is 6.82. The molecule has 0 aliphatic heterocycles. The third-order valence-electron chi connectivity index (χ3n) is 2.34. The highest BCUT2D eigenvalue weighted by Crippen LogP contribution is 1.94. The van der Waals surface area contributed by atoms with Crippen LogP contribution < -0.4 is 0 Å². The van der Waals surface area contributed by atoms with Gasteiger partial charge in [-0.3, -0.25) is 0 Å². The highest BCUT2D eigenvalue weighted by molar-refractivity contribution is 5.90. The summed E-state index contributed by atoms with van der Waals surface area (Å²) in [6, 6.07) is 0. The van der Waals surface area contributed by atoms with E-state index < -0.39 is 31.3 Å². The Morgan fingerprint density at radius 1 is 0.697 bits per heavy atom. The maximum atomic E-state index is 11.6. The Kier molecular flexibility index (Phi) is 17.0. The molecule has 0 heterocycles. The van der Waals surface area contributed by atoms with Gasteiger partial charge in [0.05, 0.1) is 6.61 Å². The molecule has 0 spiro atoms. The van der Waals surface area contributed by atoms with Crippen LogP contribution in [0.5, 0.6) is 0 Å². The van der Waals surface area contributed by atoms with E-state index in [1.165, 1.54) is 0 Å². The van der Waals surface area contributed by atoms with E-state index in [4.69, 9.17) is 15.9 Å². The van der Waals surface area contributed by atoms with Crippen molar-refractivity contribution in [2.45, 2.75) is 13.0 Å². The van der Waals surface area contributed by atoms with Crippen LogP contribution >= 0.6 is 0 Å². The first kappa shape index (κ1) is 27.1. The van der Waals surface area contributed by atoms with Crippen LogP contribution in [0.4, 0.5) is 0 Å². The summed E-state index contributed by atoms with van der Waals surface area (Å²) in [6.45, 7) is 0.606. The zero-order chi connectivity index (χ0) is 24.4. The van der Waals surface area contributed by atoms with Gasteiger partial charge in [0.1, 0.15) is 6.61 Å². The number of aliphatic hydroxyl groups excluding tert-OH is 1. The summed E-state index contributed by atoms with van der Waals surface area (Å²) in [7, 11) is 0. The van der Waals surface area contributed by atoms with Crippen molar-refractivity contribution in [3.05, 3.63) is 0 Å². The van der Waals surface area contributed by atoms with Crippen LogP contribution in [0.3, 0.4) is 0 Å². The molecule has 0 radical (unpaired) electrons. The van der Waals surface area contributed by atoms with Gasteiger partial charge in [0, 0.05) is 11.8 Å². The van der Waals surface area contributed by atoms with Crippen LogP contribution in [0.25, 0.3) is 0 Å². The summed E-state index contributed by atoms with van der Waals surface area (Å²) in [5, 5.41) is 9.20. The summed E-state index contributed by atoms with van der Waals surface area (Å²) in [6.07, 6.45) is 3.77. The predicted molar refractivity (Wildman–Crippen MR) is 120 cm³/mol. The highest BCUT2D eigenvalue weighted by Gasteiger charge is 2.14. The number of hydrogen-bond donors (Lipinski definition) is 1. The lowest BCUT2D eigenvalue weighted by Gasteiger charge is -2.12. The van der Waals surface area contributed by atoms with Crippen LogP contribution in [0.1, 0.15) is 6.92 Å². The lowest BCUT2D eigenvalue weighted by molar-refractivity contribution is -0.153. The molecule has 0 aromatic carbocycles. The largest absolute Gasteiger partial charge is 0.452 e. The van der Waals surface area contributed by atoms with Gasteiger partial charge in [-0.1, -0.05) is 5.92 Å². The zero-order valence-corrected chi connectivity index (χ0v) is 17.1. The number of ether oxygens (including phenoxy) is 2. The minimum atomic E-state index is -1.13. The summed E-state index contributed by atoms with van der Waals surface area (Å²) in [5.41, 5.74) is 0. The second-order valence-electron chi connectivity index (χ2n) is 4.58. The minimum Gasteiger partial charge on any atom is -0.452 e. The van der Waals surface area contributed by atoms with Gasteiger partial charge in [0.25, 0.3) is 0 Å². The van der Waals surface area contributed by atoms with Crippen molar-refractivity contribution in [1.82, 2.24) is 0 Å². The van der Waals surface area contributed by atoms with E-state index in [2.05, 4.69) is 124 Å². The van der Waals surface area contributed by atoms with E-state index in [1.807, 2.05) is 0 Å². The minimum absolute atomic E-state index is 0.433. The standard InChI is InChI=1S/C28H10O5/c1-3-5-7-9-11-13-15-17-19-21-23-28(31)33-26(24-29)25-32-27(30)22-20-18-16-14-12-10-8-6-4-2/h1,26,29H,24-25H2,2H3/t26-/m0/s1. The Bertz CT molecular complexity index is 1430. The van der Waals surface area contributed by atoms with Crippen molar-refractivity contribution in [3.63, 3.8) is 0 Å². The molecule has 152 valence electrons. The number of esters is 2. The van der Waals surface area contributed by atoms with E-state index in [-0.39, 0.29) is 0 Å². The predicted octanol–water partition coefficient (Wildman–Crippen LogP) is -0.879. The molecule has 0 saturated heterocycles. The van der Waals surface area contributed by atoms with Crippen molar-refractivity contribution < 1.29 is 24.2 Å². The smallest absolute Gasteiger partial charge is 0.385 e. The highest BCUT2D eigenvalue weighted by atomic mass is 16.6. The molecule has 0 unspecified atom stereocenters. The molecule has 0 fully saturated rings. The van der Waals surface area contributed by atoms with Crippen molar-refractivity contribution in [2.75, 3.05) is 13.2 Å². The number of terminal acetylenes is 1. The Balaban J connectivity index is 4.56. The molecule has 0 saturated carbocycles. The number of carbonyl (C=O) groups excluding carboxylic acids is 2. The topological polar surface area (TPSA) is 72.8 Å². The SMILES string of the molecule is C#CC#CC#CC#CC#CC#CC(=O)O[C@@H](CO)COC(=O)C#CC#CC#CC#CC#CC. The van der Waals surface area contributed by atoms with Crippen molar-refractivity contribution in [1.29, 1.82) is 0 Å². The summed E-state index contributed by atoms with van der Waals surface area (Å²) < 4.78 is 9.57. The first-order valence-electron chi connectivity index (χ1n) is 8.51. The lowest BCUT2D eigenvalue weighted by atomic mass is 10.4. The molecule has 0 bridgehead atoms. The van der Waals surface area contributed by atoms with Gasteiger partial charge in [0.2, 0.25) is 0 Å². The number of carbonyl (C=O) groups is 2. The summed E-state index contributed by atoms with van der Waals surface area (Å²) >= 11 is 0. The summed E-state index contributed by atoms with van der Waals surface area (Å²) in [5.74, 6) is 47.0. The molecule has 0 aromatic rings. The molecular formula is C28H10O5. The van der Waals surface area contributed by atoms with E-state index in [1.54, 1.807) is 6.92 Å². The number of rotatable bonds is 4. The van der Waals surface area contributed by atoms with E-state index in [0.29, 0.717) is 0 Å². The van der Waals surface area contributed by atoms with E-state index >= 15 is 0 Å². The molecule has 5 nitrogen and oxygen atoms in total. The monoisotopic (exact) mass is 426 g/mol. The van der Waals surface area contributed by atoms with Crippen molar-refractivity contribution in [3.8, 4) is 131 Å². The van der Waals surface area contributed by atoms with Gasteiger partial charge in [-0.15, -0.1) is 6.42 Å². The second kappa shape index (κ2) is 20.8. The Morgan fingerprint density at radius 3 is 1.58 bits per heavy atom. The first-order valence-corrected chi connectivity index (χ1v) is 8.51. The van der Waals surface area contributed by atoms with Gasteiger partial charge >= 0.3 is 11.9 Å². The van der Waals surface area contributed by atoms with Gasteiger partial charge in [-0.25, -0.2) is 9.59 Å². The molecule has 33 heavy (non-hydrogen) atoms. The average Bonchev–Trinajstić information content (AvgIpc) is 2.81. The molecule has 1 N–H and O–H groups in total. The first-order chi connectivity index (χ1) is 16.1. The fourth-order valence-electron chi connectivity index (χ4n) is 1.18. The Hall–Kier alpha value is -5.94. The number of hydrogen-bond acceptors (Lipinski definition) is 5. The molecule has 0 amide bonds. The van der Waals surface area contributed by atoms with Crippen molar-refractivity contribution >= 4 is 11.9 Å². The van der Waals surface area contributed by atoms with Gasteiger partial charge in [-0.2, -0.15) is 0 Å². The van der Waals surface area contributed by atoms with Gasteiger partial charge < -0.3 is 14.6 Å². The Labute approximate surface area is 193 Å². The molecule has 5 heteroatoms.